The molecule has 116 valence electrons. The first-order valence-corrected chi connectivity index (χ1v) is 7.18. The van der Waals surface area contributed by atoms with Gasteiger partial charge in [0, 0.05) is 18.6 Å². The minimum atomic E-state index is -0.523. The van der Waals surface area contributed by atoms with Crippen LogP contribution in [0.5, 0.6) is 0 Å². The van der Waals surface area contributed by atoms with Gasteiger partial charge in [-0.3, -0.25) is 0 Å². The summed E-state index contributed by atoms with van der Waals surface area (Å²) in [5.74, 6) is -0.266. The van der Waals surface area contributed by atoms with Gasteiger partial charge in [-0.1, -0.05) is 12.1 Å². The average Bonchev–Trinajstić information content (AvgIpc) is 2.69. The van der Waals surface area contributed by atoms with E-state index in [-0.39, 0.29) is 11.9 Å². The van der Waals surface area contributed by atoms with Crippen molar-refractivity contribution < 1.29 is 13.9 Å². The van der Waals surface area contributed by atoms with Crippen LogP contribution in [0, 0.1) is 5.82 Å². The lowest BCUT2D eigenvalue weighted by atomic mass is 9.91. The molecule has 5 heteroatoms. The highest BCUT2D eigenvalue weighted by atomic mass is 19.1. The largest absolute Gasteiger partial charge is 0.444 e. The lowest BCUT2D eigenvalue weighted by molar-refractivity contribution is 0.0284. The second-order valence-electron chi connectivity index (χ2n) is 6.82. The molecule has 0 radical (unpaired) electrons. The van der Waals surface area contributed by atoms with Crippen LogP contribution in [-0.4, -0.2) is 35.2 Å². The third kappa shape index (κ3) is 4.43. The van der Waals surface area contributed by atoms with Crippen molar-refractivity contribution in [2.45, 2.75) is 44.8 Å². The summed E-state index contributed by atoms with van der Waals surface area (Å²) in [5, 5.41) is 0. The number of halogens is 1. The van der Waals surface area contributed by atoms with Gasteiger partial charge in [0.05, 0.1) is 0 Å². The van der Waals surface area contributed by atoms with Crippen LogP contribution in [-0.2, 0) is 11.2 Å². The SMILES string of the molecule is CC(C)(C)OC(=O)N1CCC(N)(Cc2cccc(F)c2)C1. The highest BCUT2D eigenvalue weighted by Crippen LogP contribution is 2.25. The van der Waals surface area contributed by atoms with Crippen molar-refractivity contribution in [3.8, 4) is 0 Å². The number of nitrogens with two attached hydrogens (primary N) is 1. The standard InChI is InChI=1S/C16H23FN2O2/c1-15(2,3)21-14(20)19-8-7-16(18,11-19)10-12-5-4-6-13(17)9-12/h4-6,9H,7-8,10-11,18H2,1-3H3. The molecule has 0 aliphatic carbocycles. The summed E-state index contributed by atoms with van der Waals surface area (Å²) in [4.78, 5) is 13.7. The summed E-state index contributed by atoms with van der Waals surface area (Å²) in [6.45, 7) is 6.51. The highest BCUT2D eigenvalue weighted by Gasteiger charge is 2.38. The topological polar surface area (TPSA) is 55.6 Å². The first kappa shape index (κ1) is 15.8. The van der Waals surface area contributed by atoms with Gasteiger partial charge < -0.3 is 15.4 Å². The second kappa shape index (κ2) is 5.64. The molecule has 21 heavy (non-hydrogen) atoms. The van der Waals surface area contributed by atoms with Crippen molar-refractivity contribution in [3.63, 3.8) is 0 Å². The van der Waals surface area contributed by atoms with Crippen molar-refractivity contribution in [1.82, 2.24) is 4.90 Å². The molecule has 2 N–H and O–H groups in total. The van der Waals surface area contributed by atoms with Crippen LogP contribution in [0.1, 0.15) is 32.8 Å². The van der Waals surface area contributed by atoms with Crippen LogP contribution < -0.4 is 5.73 Å². The molecule has 0 bridgehead atoms. The molecule has 0 aromatic heterocycles. The smallest absolute Gasteiger partial charge is 0.410 e. The van der Waals surface area contributed by atoms with Crippen LogP contribution in [0.2, 0.25) is 0 Å². The first-order chi connectivity index (χ1) is 9.67. The number of ether oxygens (including phenoxy) is 1. The minimum absolute atomic E-state index is 0.266. The van der Waals surface area contributed by atoms with E-state index in [1.165, 1.54) is 12.1 Å². The number of hydrogen-bond acceptors (Lipinski definition) is 3. The maximum absolute atomic E-state index is 13.2. The van der Waals surface area contributed by atoms with E-state index in [0.717, 1.165) is 5.56 Å². The Morgan fingerprint density at radius 1 is 1.48 bits per heavy atom. The van der Waals surface area contributed by atoms with Crippen molar-refractivity contribution in [2.24, 2.45) is 5.73 Å². The Labute approximate surface area is 125 Å². The molecule has 1 fully saturated rings. The third-order valence-corrected chi connectivity index (χ3v) is 3.48. The zero-order chi connectivity index (χ0) is 15.7. The predicted molar refractivity (Wildman–Crippen MR) is 79.4 cm³/mol. The van der Waals surface area contributed by atoms with Crippen molar-refractivity contribution in [1.29, 1.82) is 0 Å². The fraction of sp³-hybridized carbons (Fsp3) is 0.562. The van der Waals surface area contributed by atoms with E-state index in [2.05, 4.69) is 0 Å². The molecule has 1 unspecified atom stereocenters. The maximum atomic E-state index is 13.2. The number of likely N-dealkylation sites (tertiary alicyclic amines) is 1. The zero-order valence-electron chi connectivity index (χ0n) is 12.9. The Hall–Kier alpha value is -1.62. The van der Waals surface area contributed by atoms with E-state index in [1.807, 2.05) is 26.8 Å². The predicted octanol–water partition coefficient (Wildman–Crippen LogP) is 2.71. The number of benzene rings is 1. The number of nitrogens with zero attached hydrogens (tertiary/aromatic N) is 1. The molecule has 1 heterocycles. The molecule has 0 saturated carbocycles. The Balaban J connectivity index is 1.98. The molecule has 1 saturated heterocycles. The average molecular weight is 294 g/mol. The molecule has 4 nitrogen and oxygen atoms in total. The van der Waals surface area contributed by atoms with Gasteiger partial charge in [-0.2, -0.15) is 0 Å². The van der Waals surface area contributed by atoms with Crippen LogP contribution in [0.3, 0.4) is 0 Å². The summed E-state index contributed by atoms with van der Waals surface area (Å²) >= 11 is 0. The number of carbonyl (C=O) groups is 1. The van der Waals surface area contributed by atoms with Crippen LogP contribution in [0.25, 0.3) is 0 Å². The van der Waals surface area contributed by atoms with Gasteiger partial charge in [-0.05, 0) is 51.3 Å². The van der Waals surface area contributed by atoms with Gasteiger partial charge in [-0.25, -0.2) is 9.18 Å². The minimum Gasteiger partial charge on any atom is -0.444 e. The number of amides is 1. The Morgan fingerprint density at radius 3 is 2.81 bits per heavy atom. The summed E-state index contributed by atoms with van der Waals surface area (Å²) in [6.07, 6.45) is 0.890. The van der Waals surface area contributed by atoms with E-state index in [1.54, 1.807) is 11.0 Å². The summed E-state index contributed by atoms with van der Waals surface area (Å²) in [5.41, 5.74) is 6.17. The molecular formula is C16H23FN2O2. The van der Waals surface area contributed by atoms with Gasteiger partial charge in [0.25, 0.3) is 0 Å². The van der Waals surface area contributed by atoms with Gasteiger partial charge in [-0.15, -0.1) is 0 Å². The molecule has 0 spiro atoms. The van der Waals surface area contributed by atoms with Crippen molar-refractivity contribution in [2.75, 3.05) is 13.1 Å². The fourth-order valence-electron chi connectivity index (χ4n) is 2.58. The Morgan fingerprint density at radius 2 is 2.19 bits per heavy atom. The summed E-state index contributed by atoms with van der Waals surface area (Å²) in [7, 11) is 0. The molecule has 1 aromatic rings. The lowest BCUT2D eigenvalue weighted by Gasteiger charge is -2.27. The van der Waals surface area contributed by atoms with E-state index in [9.17, 15) is 9.18 Å². The molecule has 1 aromatic carbocycles. The van der Waals surface area contributed by atoms with Gasteiger partial charge >= 0.3 is 6.09 Å². The summed E-state index contributed by atoms with van der Waals surface area (Å²) < 4.78 is 18.6. The van der Waals surface area contributed by atoms with Gasteiger partial charge in [0.15, 0.2) is 0 Å². The molecule has 1 aliphatic heterocycles. The number of rotatable bonds is 2. The van der Waals surface area contributed by atoms with Crippen molar-refractivity contribution in [3.05, 3.63) is 35.6 Å². The molecule has 1 amide bonds. The van der Waals surface area contributed by atoms with Crippen LogP contribution in [0.15, 0.2) is 24.3 Å². The second-order valence-corrected chi connectivity index (χ2v) is 6.82. The molecule has 1 aliphatic rings. The van der Waals surface area contributed by atoms with Crippen molar-refractivity contribution >= 4 is 6.09 Å². The molecular weight excluding hydrogens is 271 g/mol. The zero-order valence-corrected chi connectivity index (χ0v) is 12.9. The monoisotopic (exact) mass is 294 g/mol. The molecule has 2 rings (SSSR count). The van der Waals surface area contributed by atoms with E-state index in [4.69, 9.17) is 10.5 Å². The van der Waals surface area contributed by atoms with Gasteiger partial charge in [0.2, 0.25) is 0 Å². The van der Waals surface area contributed by atoms with Crippen LogP contribution >= 0.6 is 0 Å². The number of hydrogen-bond donors (Lipinski definition) is 1. The van der Waals surface area contributed by atoms with E-state index in [0.29, 0.717) is 25.9 Å². The third-order valence-electron chi connectivity index (χ3n) is 3.48. The summed E-state index contributed by atoms with van der Waals surface area (Å²) in [6, 6.07) is 6.43. The van der Waals surface area contributed by atoms with E-state index < -0.39 is 11.1 Å². The Bertz CT molecular complexity index is 527. The van der Waals surface area contributed by atoms with Crippen LogP contribution in [0.4, 0.5) is 9.18 Å². The highest BCUT2D eigenvalue weighted by molar-refractivity contribution is 5.68. The first-order valence-electron chi connectivity index (χ1n) is 7.18. The fourth-order valence-corrected chi connectivity index (χ4v) is 2.58. The molecule has 1 atom stereocenters. The van der Waals surface area contributed by atoms with E-state index >= 15 is 0 Å². The lowest BCUT2D eigenvalue weighted by Crippen LogP contribution is -2.46. The Kier molecular flexibility index (Phi) is 4.23. The van der Waals surface area contributed by atoms with Gasteiger partial charge in [0.1, 0.15) is 11.4 Å². The number of carbonyl (C=O) groups excluding carboxylic acids is 1. The quantitative estimate of drug-likeness (QED) is 0.912. The maximum Gasteiger partial charge on any atom is 0.410 e. The normalized spacial score (nSPS) is 22.4.